The highest BCUT2D eigenvalue weighted by Crippen LogP contribution is 2.39. The standard InChI is InChI=1S/C14H26O5/c1-5-9(3)7-14(13(18)19,8-10(4)6-2)11(15)12(16)17/h9-11,15H,5-8H2,1-4H3,(H,16,17)(H,18,19). The van der Waals surface area contributed by atoms with Crippen LogP contribution in [0.15, 0.2) is 0 Å². The Bertz CT molecular complexity index is 301. The molecular formula is C14H26O5. The maximum Gasteiger partial charge on any atom is 0.333 e. The van der Waals surface area contributed by atoms with Gasteiger partial charge in [-0.15, -0.1) is 0 Å². The Kier molecular flexibility index (Phi) is 7.05. The molecule has 0 saturated carbocycles. The number of carboxylic acid groups (broad SMARTS) is 2. The average molecular weight is 274 g/mol. The number of hydrogen-bond donors (Lipinski definition) is 3. The zero-order chi connectivity index (χ0) is 15.2. The maximum absolute atomic E-state index is 11.6. The number of hydrogen-bond acceptors (Lipinski definition) is 3. The number of rotatable bonds is 9. The van der Waals surface area contributed by atoms with E-state index in [9.17, 15) is 19.8 Å². The minimum atomic E-state index is -1.87. The quantitative estimate of drug-likeness (QED) is 0.600. The number of carboxylic acids is 2. The van der Waals surface area contributed by atoms with Gasteiger partial charge in [-0.3, -0.25) is 4.79 Å². The van der Waals surface area contributed by atoms with Gasteiger partial charge in [0.15, 0.2) is 6.10 Å². The van der Waals surface area contributed by atoms with Gasteiger partial charge in [0, 0.05) is 0 Å². The fourth-order valence-electron chi connectivity index (χ4n) is 2.37. The summed E-state index contributed by atoms with van der Waals surface area (Å²) in [5.41, 5.74) is -1.60. The summed E-state index contributed by atoms with van der Waals surface area (Å²) in [6.07, 6.45) is -0.00943. The Morgan fingerprint density at radius 3 is 1.58 bits per heavy atom. The average Bonchev–Trinajstić information content (AvgIpc) is 2.35. The van der Waals surface area contributed by atoms with E-state index in [0.29, 0.717) is 0 Å². The van der Waals surface area contributed by atoms with Gasteiger partial charge < -0.3 is 15.3 Å². The molecule has 3 unspecified atom stereocenters. The van der Waals surface area contributed by atoms with Gasteiger partial charge in [-0.2, -0.15) is 0 Å². The topological polar surface area (TPSA) is 94.8 Å². The molecule has 0 amide bonds. The molecule has 0 fully saturated rings. The molecule has 0 aromatic rings. The zero-order valence-corrected chi connectivity index (χ0v) is 12.2. The van der Waals surface area contributed by atoms with Crippen molar-refractivity contribution in [2.75, 3.05) is 0 Å². The second-order valence-corrected chi connectivity index (χ2v) is 5.64. The summed E-state index contributed by atoms with van der Waals surface area (Å²) in [7, 11) is 0. The molecule has 0 heterocycles. The van der Waals surface area contributed by atoms with Crippen LogP contribution in [0.5, 0.6) is 0 Å². The molecule has 0 aliphatic carbocycles. The summed E-state index contributed by atoms with van der Waals surface area (Å²) >= 11 is 0. The Balaban J connectivity index is 5.46. The molecule has 0 radical (unpaired) electrons. The number of aliphatic hydroxyl groups excluding tert-OH is 1. The van der Waals surface area contributed by atoms with E-state index >= 15 is 0 Å². The van der Waals surface area contributed by atoms with Crippen molar-refractivity contribution < 1.29 is 24.9 Å². The molecule has 19 heavy (non-hydrogen) atoms. The van der Waals surface area contributed by atoms with Gasteiger partial charge >= 0.3 is 11.9 Å². The van der Waals surface area contributed by atoms with Crippen molar-refractivity contribution in [3.63, 3.8) is 0 Å². The van der Waals surface area contributed by atoms with Gasteiger partial charge in [0.25, 0.3) is 0 Å². The van der Waals surface area contributed by atoms with Gasteiger partial charge in [0.1, 0.15) is 5.41 Å². The summed E-state index contributed by atoms with van der Waals surface area (Å²) in [4.78, 5) is 22.7. The molecule has 0 saturated heterocycles. The monoisotopic (exact) mass is 274 g/mol. The summed E-state index contributed by atoms with van der Waals surface area (Å²) in [5, 5.41) is 28.4. The molecular weight excluding hydrogens is 248 g/mol. The van der Waals surface area contributed by atoms with Crippen LogP contribution in [-0.2, 0) is 9.59 Å². The Morgan fingerprint density at radius 1 is 1.00 bits per heavy atom. The third-order valence-corrected chi connectivity index (χ3v) is 4.00. The van der Waals surface area contributed by atoms with Crippen LogP contribution < -0.4 is 0 Å². The predicted octanol–water partition coefficient (Wildman–Crippen LogP) is 2.38. The number of aliphatic carboxylic acids is 2. The molecule has 3 N–H and O–H groups in total. The number of carbonyl (C=O) groups is 2. The van der Waals surface area contributed by atoms with Crippen molar-refractivity contribution >= 4 is 11.9 Å². The van der Waals surface area contributed by atoms with Crippen LogP contribution in [-0.4, -0.2) is 33.4 Å². The van der Waals surface area contributed by atoms with Crippen molar-refractivity contribution in [2.45, 2.75) is 59.5 Å². The first kappa shape index (κ1) is 17.9. The van der Waals surface area contributed by atoms with Gasteiger partial charge in [-0.05, 0) is 24.7 Å². The fraction of sp³-hybridized carbons (Fsp3) is 0.857. The lowest BCUT2D eigenvalue weighted by atomic mass is 9.69. The highest BCUT2D eigenvalue weighted by atomic mass is 16.4. The summed E-state index contributed by atoms with van der Waals surface area (Å²) in [6, 6.07) is 0. The Morgan fingerprint density at radius 2 is 1.37 bits per heavy atom. The van der Waals surface area contributed by atoms with Gasteiger partial charge in [0.05, 0.1) is 0 Å². The molecule has 0 aromatic carbocycles. The Labute approximate surface area is 114 Å². The molecule has 3 atom stereocenters. The van der Waals surface area contributed by atoms with Crippen molar-refractivity contribution in [1.82, 2.24) is 0 Å². The highest BCUT2D eigenvalue weighted by Gasteiger charge is 2.49. The molecule has 0 rings (SSSR count). The molecule has 0 aliphatic rings. The summed E-state index contributed by atoms with van der Waals surface area (Å²) in [6.45, 7) is 7.60. The van der Waals surface area contributed by atoms with E-state index in [1.807, 2.05) is 27.7 Å². The van der Waals surface area contributed by atoms with E-state index in [2.05, 4.69) is 0 Å². The normalized spacial score (nSPS) is 19.2. The summed E-state index contributed by atoms with van der Waals surface area (Å²) in [5.74, 6) is -2.58. The smallest absolute Gasteiger partial charge is 0.333 e. The first-order valence-electron chi connectivity index (χ1n) is 6.85. The predicted molar refractivity (Wildman–Crippen MR) is 71.9 cm³/mol. The van der Waals surface area contributed by atoms with E-state index in [1.165, 1.54) is 0 Å². The van der Waals surface area contributed by atoms with Crippen LogP contribution in [0.25, 0.3) is 0 Å². The second kappa shape index (κ2) is 7.48. The minimum Gasteiger partial charge on any atom is -0.481 e. The Hall–Kier alpha value is -1.10. The van der Waals surface area contributed by atoms with Crippen LogP contribution in [0.1, 0.15) is 53.4 Å². The lowest BCUT2D eigenvalue weighted by Crippen LogP contribution is -2.48. The van der Waals surface area contributed by atoms with Crippen LogP contribution in [0.3, 0.4) is 0 Å². The van der Waals surface area contributed by atoms with Crippen LogP contribution in [0.2, 0.25) is 0 Å². The number of aliphatic hydroxyl groups is 1. The molecule has 0 aliphatic heterocycles. The largest absolute Gasteiger partial charge is 0.481 e. The third kappa shape index (κ3) is 4.49. The van der Waals surface area contributed by atoms with E-state index in [-0.39, 0.29) is 24.7 Å². The second-order valence-electron chi connectivity index (χ2n) is 5.64. The molecule has 0 aromatic heterocycles. The van der Waals surface area contributed by atoms with Crippen molar-refractivity contribution in [1.29, 1.82) is 0 Å². The molecule has 0 spiro atoms. The van der Waals surface area contributed by atoms with Crippen LogP contribution in [0, 0.1) is 17.3 Å². The highest BCUT2D eigenvalue weighted by molar-refractivity contribution is 5.85. The van der Waals surface area contributed by atoms with Crippen molar-refractivity contribution in [3.8, 4) is 0 Å². The van der Waals surface area contributed by atoms with Crippen LogP contribution in [0.4, 0.5) is 0 Å². The van der Waals surface area contributed by atoms with E-state index in [1.54, 1.807) is 0 Å². The van der Waals surface area contributed by atoms with Gasteiger partial charge in [0.2, 0.25) is 0 Å². The zero-order valence-electron chi connectivity index (χ0n) is 12.2. The first-order chi connectivity index (χ1) is 8.71. The molecule has 5 heteroatoms. The lowest BCUT2D eigenvalue weighted by Gasteiger charge is -2.35. The third-order valence-electron chi connectivity index (χ3n) is 4.00. The lowest BCUT2D eigenvalue weighted by molar-refractivity contribution is -0.173. The summed E-state index contributed by atoms with van der Waals surface area (Å²) < 4.78 is 0. The van der Waals surface area contributed by atoms with Gasteiger partial charge in [-0.1, -0.05) is 40.5 Å². The van der Waals surface area contributed by atoms with Crippen molar-refractivity contribution in [3.05, 3.63) is 0 Å². The fourth-order valence-corrected chi connectivity index (χ4v) is 2.37. The molecule has 0 bridgehead atoms. The minimum absolute atomic E-state index is 0.0501. The maximum atomic E-state index is 11.6. The SMILES string of the molecule is CCC(C)CC(CC(C)CC)(C(=O)O)C(O)C(=O)O. The van der Waals surface area contributed by atoms with E-state index in [4.69, 9.17) is 5.11 Å². The van der Waals surface area contributed by atoms with E-state index < -0.39 is 23.5 Å². The van der Waals surface area contributed by atoms with Crippen molar-refractivity contribution in [2.24, 2.45) is 17.3 Å². The van der Waals surface area contributed by atoms with Gasteiger partial charge in [-0.25, -0.2) is 4.79 Å². The molecule has 112 valence electrons. The van der Waals surface area contributed by atoms with E-state index in [0.717, 1.165) is 12.8 Å². The molecule has 5 nitrogen and oxygen atoms in total. The first-order valence-corrected chi connectivity index (χ1v) is 6.85. The van der Waals surface area contributed by atoms with Crippen LogP contribution >= 0.6 is 0 Å².